The summed E-state index contributed by atoms with van der Waals surface area (Å²) in [5.41, 5.74) is 9.79. The Kier molecular flexibility index (Phi) is 3.33. The third-order valence-electron chi connectivity index (χ3n) is 4.24. The number of fused-ring (bicyclic) bond motifs is 1. The first-order valence-electron chi connectivity index (χ1n) is 7.03. The summed E-state index contributed by atoms with van der Waals surface area (Å²) in [7, 11) is 0. The van der Waals surface area contributed by atoms with E-state index in [-0.39, 0.29) is 0 Å². The second kappa shape index (κ2) is 4.89. The highest BCUT2D eigenvalue weighted by atomic mass is 79.9. The Morgan fingerprint density at radius 2 is 1.55 bits per heavy atom. The molecule has 2 aromatic carbocycles. The average molecular weight is 327 g/mol. The predicted octanol–water partition coefficient (Wildman–Crippen LogP) is 5.92. The van der Waals surface area contributed by atoms with E-state index < -0.39 is 0 Å². The van der Waals surface area contributed by atoms with Gasteiger partial charge in [0.2, 0.25) is 0 Å². The van der Waals surface area contributed by atoms with Gasteiger partial charge in [0.1, 0.15) is 0 Å². The maximum absolute atomic E-state index is 3.61. The van der Waals surface area contributed by atoms with Crippen molar-refractivity contribution in [2.75, 3.05) is 0 Å². The number of benzene rings is 2. The van der Waals surface area contributed by atoms with Crippen molar-refractivity contribution in [1.29, 1.82) is 0 Å². The van der Waals surface area contributed by atoms with Crippen LogP contribution in [0.25, 0.3) is 5.57 Å². The zero-order valence-corrected chi connectivity index (χ0v) is 14.0. The largest absolute Gasteiger partial charge is 0.0691 e. The lowest BCUT2D eigenvalue weighted by Crippen LogP contribution is -2.02. The summed E-state index contributed by atoms with van der Waals surface area (Å²) in [5.74, 6) is 0.392. The van der Waals surface area contributed by atoms with Gasteiger partial charge in [-0.05, 0) is 73.2 Å². The van der Waals surface area contributed by atoms with Gasteiger partial charge in [-0.3, -0.25) is 0 Å². The number of allylic oxidation sites excluding steroid dienone is 2. The number of aryl methyl sites for hydroxylation is 3. The average Bonchev–Trinajstić information content (AvgIpc) is 2.65. The van der Waals surface area contributed by atoms with Crippen LogP contribution in [0.15, 0.2) is 40.9 Å². The van der Waals surface area contributed by atoms with Gasteiger partial charge in [-0.1, -0.05) is 45.8 Å². The molecule has 2 aromatic rings. The van der Waals surface area contributed by atoms with Gasteiger partial charge in [0, 0.05) is 10.4 Å². The van der Waals surface area contributed by atoms with Crippen LogP contribution in [0.5, 0.6) is 0 Å². The van der Waals surface area contributed by atoms with Gasteiger partial charge < -0.3 is 0 Å². The third-order valence-corrected chi connectivity index (χ3v) is 4.73. The molecule has 1 aliphatic rings. The van der Waals surface area contributed by atoms with E-state index in [9.17, 15) is 0 Å². The van der Waals surface area contributed by atoms with Crippen molar-refractivity contribution in [3.8, 4) is 0 Å². The molecule has 0 bridgehead atoms. The van der Waals surface area contributed by atoms with Crippen molar-refractivity contribution in [2.45, 2.75) is 33.6 Å². The molecule has 1 aliphatic carbocycles. The smallest absolute Gasteiger partial charge is 0.0287 e. The molecule has 0 saturated heterocycles. The molecule has 0 N–H and O–H groups in total. The molecule has 1 atom stereocenters. The summed E-state index contributed by atoms with van der Waals surface area (Å²) < 4.78 is 1.16. The van der Waals surface area contributed by atoms with Crippen molar-refractivity contribution in [2.24, 2.45) is 0 Å². The normalized spacial score (nSPS) is 17.1. The Hall–Kier alpha value is -1.34. The second-order valence-electron chi connectivity index (χ2n) is 5.87. The van der Waals surface area contributed by atoms with Crippen LogP contribution < -0.4 is 0 Å². The Morgan fingerprint density at radius 3 is 2.20 bits per heavy atom. The van der Waals surface area contributed by atoms with Crippen molar-refractivity contribution in [1.82, 2.24) is 0 Å². The van der Waals surface area contributed by atoms with Gasteiger partial charge in [0.05, 0.1) is 0 Å². The Balaban J connectivity index is 2.22. The molecule has 0 aromatic heterocycles. The third kappa shape index (κ3) is 2.14. The van der Waals surface area contributed by atoms with Crippen LogP contribution in [0, 0.1) is 20.8 Å². The molecule has 0 fully saturated rings. The van der Waals surface area contributed by atoms with Crippen molar-refractivity contribution >= 4 is 21.5 Å². The first kappa shape index (κ1) is 13.6. The van der Waals surface area contributed by atoms with Crippen LogP contribution in [0.4, 0.5) is 0 Å². The number of rotatable bonds is 1. The second-order valence-corrected chi connectivity index (χ2v) is 6.79. The van der Waals surface area contributed by atoms with Crippen molar-refractivity contribution in [3.05, 3.63) is 74.3 Å². The predicted molar refractivity (Wildman–Crippen MR) is 90.3 cm³/mol. The molecule has 0 spiro atoms. The number of hydrogen-bond donors (Lipinski definition) is 0. The lowest BCUT2D eigenvalue weighted by molar-refractivity contribution is 1.00. The fraction of sp³-hybridized carbons (Fsp3) is 0.263. The molecule has 0 heterocycles. The van der Waals surface area contributed by atoms with Crippen molar-refractivity contribution < 1.29 is 0 Å². The first-order chi connectivity index (χ1) is 9.47. The highest BCUT2D eigenvalue weighted by Crippen LogP contribution is 2.43. The van der Waals surface area contributed by atoms with E-state index in [1.807, 2.05) is 0 Å². The topological polar surface area (TPSA) is 0 Å². The van der Waals surface area contributed by atoms with Crippen LogP contribution in [0.1, 0.15) is 46.2 Å². The van der Waals surface area contributed by atoms with Crippen LogP contribution in [0.3, 0.4) is 0 Å². The zero-order chi connectivity index (χ0) is 14.4. The molecule has 0 nitrogen and oxygen atoms in total. The molecule has 20 heavy (non-hydrogen) atoms. The Bertz CT molecular complexity index is 700. The highest BCUT2D eigenvalue weighted by molar-refractivity contribution is 9.10. The molecule has 1 unspecified atom stereocenters. The molecule has 0 radical (unpaired) electrons. The minimum Gasteiger partial charge on any atom is -0.0691 e. The van der Waals surface area contributed by atoms with E-state index in [0.717, 1.165) is 4.47 Å². The fourth-order valence-electron chi connectivity index (χ4n) is 3.50. The van der Waals surface area contributed by atoms with Gasteiger partial charge in [0.15, 0.2) is 0 Å². The summed E-state index contributed by atoms with van der Waals surface area (Å²) in [6, 6.07) is 11.2. The van der Waals surface area contributed by atoms with Crippen LogP contribution in [-0.4, -0.2) is 0 Å². The van der Waals surface area contributed by atoms with E-state index >= 15 is 0 Å². The minimum absolute atomic E-state index is 0.392. The standard InChI is InChI=1S/C19H19Br/c1-11-7-13(3)19(14(4)8-11)18-9-12(2)16-6-5-15(20)10-17(16)18/h5-10,18H,1-4H3. The summed E-state index contributed by atoms with van der Waals surface area (Å²) in [6.45, 7) is 8.85. The first-order valence-corrected chi connectivity index (χ1v) is 7.82. The zero-order valence-electron chi connectivity index (χ0n) is 12.4. The maximum atomic E-state index is 3.61. The molecule has 1 heteroatoms. The molecule has 102 valence electrons. The monoisotopic (exact) mass is 326 g/mol. The Morgan fingerprint density at radius 1 is 0.900 bits per heavy atom. The number of halogens is 1. The molecule has 3 rings (SSSR count). The molecular weight excluding hydrogens is 308 g/mol. The van der Waals surface area contributed by atoms with Gasteiger partial charge in [-0.2, -0.15) is 0 Å². The molecular formula is C19H19Br. The van der Waals surface area contributed by atoms with Crippen molar-refractivity contribution in [3.63, 3.8) is 0 Å². The lowest BCUT2D eigenvalue weighted by atomic mass is 9.86. The van der Waals surface area contributed by atoms with Crippen LogP contribution in [0.2, 0.25) is 0 Å². The van der Waals surface area contributed by atoms with E-state index in [2.05, 4.69) is 80.0 Å². The van der Waals surface area contributed by atoms with Gasteiger partial charge in [0.25, 0.3) is 0 Å². The molecule has 0 saturated carbocycles. The van der Waals surface area contributed by atoms with Crippen LogP contribution in [-0.2, 0) is 0 Å². The molecule has 0 amide bonds. The summed E-state index contributed by atoms with van der Waals surface area (Å²) in [5, 5.41) is 0. The minimum atomic E-state index is 0.392. The molecule has 0 aliphatic heterocycles. The van der Waals surface area contributed by atoms with E-state index in [0.29, 0.717) is 5.92 Å². The quantitative estimate of drug-likeness (QED) is 0.609. The van der Waals surface area contributed by atoms with Crippen LogP contribution >= 0.6 is 15.9 Å². The van der Waals surface area contributed by atoms with Gasteiger partial charge in [-0.15, -0.1) is 0 Å². The van der Waals surface area contributed by atoms with E-state index in [1.165, 1.54) is 39.0 Å². The maximum Gasteiger partial charge on any atom is 0.0287 e. The number of hydrogen-bond acceptors (Lipinski definition) is 0. The lowest BCUT2D eigenvalue weighted by Gasteiger charge is -2.18. The van der Waals surface area contributed by atoms with E-state index in [1.54, 1.807) is 0 Å². The summed E-state index contributed by atoms with van der Waals surface area (Å²) in [6.07, 6.45) is 2.40. The highest BCUT2D eigenvalue weighted by Gasteiger charge is 2.25. The Labute approximate surface area is 129 Å². The summed E-state index contributed by atoms with van der Waals surface area (Å²) in [4.78, 5) is 0. The summed E-state index contributed by atoms with van der Waals surface area (Å²) >= 11 is 3.61. The SMILES string of the molecule is CC1=CC(c2c(C)cc(C)cc2C)c2cc(Br)ccc21. The fourth-order valence-corrected chi connectivity index (χ4v) is 3.88. The van der Waals surface area contributed by atoms with Gasteiger partial charge in [-0.25, -0.2) is 0 Å². The van der Waals surface area contributed by atoms with E-state index in [4.69, 9.17) is 0 Å². The van der Waals surface area contributed by atoms with Gasteiger partial charge >= 0.3 is 0 Å².